The number of aliphatic hydroxyl groups is 2. The number of nitrogens with one attached hydrogen (secondary N) is 1. The second-order valence-corrected chi connectivity index (χ2v) is 23.2. The lowest BCUT2D eigenvalue weighted by molar-refractivity contribution is -0.143. The summed E-state index contributed by atoms with van der Waals surface area (Å²) in [6.07, 6.45) is 74.4. The molecule has 0 aliphatic carbocycles. The number of hydrogen-bond acceptors (Lipinski definition) is 5. The molecule has 2 unspecified atom stereocenters. The summed E-state index contributed by atoms with van der Waals surface area (Å²) in [5, 5.41) is 23.2. The van der Waals surface area contributed by atoms with E-state index < -0.39 is 12.1 Å². The molecule has 0 aromatic rings. The van der Waals surface area contributed by atoms with Gasteiger partial charge in [-0.05, 0) is 25.7 Å². The normalized spacial score (nSPS) is 12.4. The van der Waals surface area contributed by atoms with Crippen LogP contribution in [-0.4, -0.2) is 47.4 Å². The molecule has 0 aliphatic rings. The van der Waals surface area contributed by atoms with Crippen molar-refractivity contribution in [3.8, 4) is 0 Å². The maximum absolute atomic E-state index is 12.5. The molecule has 6 heteroatoms. The molecule has 3 N–H and O–H groups in total. The Labute approximate surface area is 451 Å². The highest BCUT2D eigenvalue weighted by molar-refractivity contribution is 5.76. The molecule has 6 nitrogen and oxygen atoms in total. The minimum Gasteiger partial charge on any atom is -0.466 e. The van der Waals surface area contributed by atoms with Gasteiger partial charge < -0.3 is 20.3 Å². The molecule has 72 heavy (non-hydrogen) atoms. The van der Waals surface area contributed by atoms with Crippen LogP contribution in [0, 0.1) is 0 Å². The third kappa shape index (κ3) is 58.1. The number of esters is 1. The summed E-state index contributed by atoms with van der Waals surface area (Å²) < 4.78 is 5.48. The number of hydrogen-bond donors (Lipinski definition) is 3. The molecule has 430 valence electrons. The highest BCUT2D eigenvalue weighted by Crippen LogP contribution is 2.19. The van der Waals surface area contributed by atoms with Crippen molar-refractivity contribution in [2.45, 2.75) is 398 Å². The van der Waals surface area contributed by atoms with Crippen molar-refractivity contribution in [2.75, 3.05) is 13.2 Å². The van der Waals surface area contributed by atoms with E-state index in [1.165, 1.54) is 315 Å². The molecule has 0 bridgehead atoms. The van der Waals surface area contributed by atoms with Crippen molar-refractivity contribution in [1.82, 2.24) is 5.32 Å². The van der Waals surface area contributed by atoms with Crippen LogP contribution in [0.15, 0.2) is 0 Å². The van der Waals surface area contributed by atoms with Crippen LogP contribution in [0.3, 0.4) is 0 Å². The fourth-order valence-electron chi connectivity index (χ4n) is 10.8. The second kappa shape index (κ2) is 62.4. The third-order valence-electron chi connectivity index (χ3n) is 15.9. The van der Waals surface area contributed by atoms with Crippen LogP contribution in [0.2, 0.25) is 0 Å². The van der Waals surface area contributed by atoms with Crippen molar-refractivity contribution in [3.05, 3.63) is 0 Å². The lowest BCUT2D eigenvalue weighted by Gasteiger charge is -2.22. The second-order valence-electron chi connectivity index (χ2n) is 23.2. The van der Waals surface area contributed by atoms with Crippen molar-refractivity contribution >= 4 is 11.9 Å². The van der Waals surface area contributed by atoms with Gasteiger partial charge in [0.1, 0.15) is 0 Å². The predicted octanol–water partition coefficient (Wildman–Crippen LogP) is 21.0. The number of amides is 1. The van der Waals surface area contributed by atoms with Crippen molar-refractivity contribution in [1.29, 1.82) is 0 Å². The molecular formula is C66H131NO5. The fraction of sp³-hybridized carbons (Fsp3) is 0.970. The molecule has 0 spiro atoms. The summed E-state index contributed by atoms with van der Waals surface area (Å²) in [5.41, 5.74) is 0. The van der Waals surface area contributed by atoms with Crippen molar-refractivity contribution < 1.29 is 24.5 Å². The van der Waals surface area contributed by atoms with Crippen LogP contribution < -0.4 is 5.32 Å². The summed E-state index contributed by atoms with van der Waals surface area (Å²) in [4.78, 5) is 24.5. The van der Waals surface area contributed by atoms with E-state index in [1.54, 1.807) is 0 Å². The Bertz CT molecular complexity index is 1040. The molecule has 0 aliphatic heterocycles. The highest BCUT2D eigenvalue weighted by Gasteiger charge is 2.20. The lowest BCUT2D eigenvalue weighted by atomic mass is 10.0. The predicted molar refractivity (Wildman–Crippen MR) is 315 cm³/mol. The van der Waals surface area contributed by atoms with Gasteiger partial charge in [-0.1, -0.05) is 348 Å². The number of rotatable bonds is 63. The average molecular weight is 1020 g/mol. The highest BCUT2D eigenvalue weighted by atomic mass is 16.5. The minimum atomic E-state index is -0.658. The molecule has 0 aromatic carbocycles. The molecule has 1 amide bonds. The molecule has 0 rings (SSSR count). The topological polar surface area (TPSA) is 95.9 Å². The Morgan fingerprint density at radius 1 is 0.333 bits per heavy atom. The van der Waals surface area contributed by atoms with Gasteiger partial charge >= 0.3 is 5.97 Å². The molecule has 0 heterocycles. The standard InChI is InChI=1S/C66H131NO5/c1-3-5-7-9-11-13-38-42-46-50-54-58-64(69)63(62-68)67-65(70)59-55-51-47-43-40-36-34-32-30-28-26-24-22-20-18-16-15-17-19-21-23-25-27-29-31-33-35-37-41-45-49-53-57-61-72-66(71)60-56-52-48-44-39-14-12-10-8-6-4-2/h63-64,68-69H,3-62H2,1-2H3,(H,67,70). The average Bonchev–Trinajstić information content (AvgIpc) is 3.38. The minimum absolute atomic E-state index is 0.0222. The summed E-state index contributed by atoms with van der Waals surface area (Å²) >= 11 is 0. The maximum Gasteiger partial charge on any atom is 0.305 e. The molecule has 0 fully saturated rings. The summed E-state index contributed by atoms with van der Waals surface area (Å²) in [6, 6.07) is -0.535. The first kappa shape index (κ1) is 70.9. The van der Waals surface area contributed by atoms with Crippen LogP contribution in [0.25, 0.3) is 0 Å². The zero-order valence-electron chi connectivity index (χ0n) is 49.2. The van der Waals surface area contributed by atoms with Crippen molar-refractivity contribution in [2.24, 2.45) is 0 Å². The molecule has 0 saturated heterocycles. The maximum atomic E-state index is 12.5. The fourth-order valence-corrected chi connectivity index (χ4v) is 10.8. The molecule has 0 radical (unpaired) electrons. The van der Waals surface area contributed by atoms with Gasteiger partial charge in [0, 0.05) is 12.8 Å². The zero-order valence-corrected chi connectivity index (χ0v) is 49.2. The van der Waals surface area contributed by atoms with E-state index in [4.69, 9.17) is 4.74 Å². The van der Waals surface area contributed by atoms with Gasteiger partial charge in [0.2, 0.25) is 5.91 Å². The molecule has 0 aromatic heterocycles. The first-order valence-corrected chi connectivity index (χ1v) is 33.3. The van der Waals surface area contributed by atoms with Gasteiger partial charge in [0.25, 0.3) is 0 Å². The van der Waals surface area contributed by atoms with E-state index in [0.29, 0.717) is 25.9 Å². The number of ether oxygens (including phenoxy) is 1. The quantitative estimate of drug-likeness (QED) is 0.0417. The summed E-state index contributed by atoms with van der Waals surface area (Å²) in [6.45, 7) is 4.97. The summed E-state index contributed by atoms with van der Waals surface area (Å²) in [7, 11) is 0. The Balaban J connectivity index is 3.28. The van der Waals surface area contributed by atoms with Crippen LogP contribution >= 0.6 is 0 Å². The number of carbonyl (C=O) groups is 2. The van der Waals surface area contributed by atoms with Gasteiger partial charge in [-0.15, -0.1) is 0 Å². The van der Waals surface area contributed by atoms with Gasteiger partial charge in [-0.3, -0.25) is 9.59 Å². The molecule has 2 atom stereocenters. The Morgan fingerprint density at radius 2 is 0.569 bits per heavy atom. The van der Waals surface area contributed by atoms with E-state index in [0.717, 1.165) is 38.5 Å². The van der Waals surface area contributed by atoms with E-state index >= 15 is 0 Å². The number of unbranched alkanes of at least 4 members (excludes halogenated alkanes) is 52. The van der Waals surface area contributed by atoms with Gasteiger partial charge in [0.15, 0.2) is 0 Å². The monoisotopic (exact) mass is 1020 g/mol. The van der Waals surface area contributed by atoms with Crippen LogP contribution in [0.5, 0.6) is 0 Å². The Morgan fingerprint density at radius 3 is 0.847 bits per heavy atom. The number of aliphatic hydroxyl groups excluding tert-OH is 2. The lowest BCUT2D eigenvalue weighted by Crippen LogP contribution is -2.45. The van der Waals surface area contributed by atoms with E-state index in [9.17, 15) is 19.8 Å². The Hall–Kier alpha value is -1.14. The first-order chi connectivity index (χ1) is 35.5. The van der Waals surface area contributed by atoms with E-state index in [-0.39, 0.29) is 18.5 Å². The third-order valence-corrected chi connectivity index (χ3v) is 15.9. The van der Waals surface area contributed by atoms with Crippen LogP contribution in [0.4, 0.5) is 0 Å². The SMILES string of the molecule is CCCCCCCCCCCCCC(=O)OCCCCCCCCCCCCCCCCCCCCCCCCCCCCCCCCCCCC(=O)NC(CO)C(O)CCCCCCCCCCCCC. The Kier molecular flexibility index (Phi) is 61.4. The van der Waals surface area contributed by atoms with Gasteiger partial charge in [-0.25, -0.2) is 0 Å². The molecular weight excluding hydrogens is 887 g/mol. The van der Waals surface area contributed by atoms with Crippen LogP contribution in [0.1, 0.15) is 386 Å². The van der Waals surface area contributed by atoms with E-state index in [2.05, 4.69) is 19.2 Å². The number of carbonyl (C=O) groups excluding carboxylic acids is 2. The summed E-state index contributed by atoms with van der Waals surface area (Å²) in [5.74, 6) is -0.00661. The largest absolute Gasteiger partial charge is 0.466 e. The molecule has 0 saturated carbocycles. The zero-order chi connectivity index (χ0) is 52.2. The van der Waals surface area contributed by atoms with Gasteiger partial charge in [-0.2, -0.15) is 0 Å². The first-order valence-electron chi connectivity index (χ1n) is 33.3. The van der Waals surface area contributed by atoms with Crippen LogP contribution in [-0.2, 0) is 14.3 Å². The smallest absolute Gasteiger partial charge is 0.305 e. The van der Waals surface area contributed by atoms with Crippen molar-refractivity contribution in [3.63, 3.8) is 0 Å². The van der Waals surface area contributed by atoms with Gasteiger partial charge in [0.05, 0.1) is 25.4 Å². The van der Waals surface area contributed by atoms with E-state index in [1.807, 2.05) is 0 Å².